The SMILES string of the molecule is Cc1c(C)c2c(c(C)c1OCCCC#N)CCC(C)(COS(=O)(=O)C(F)(F)F)O2. The van der Waals surface area contributed by atoms with Crippen LogP contribution in [0, 0.1) is 32.1 Å². The van der Waals surface area contributed by atoms with E-state index < -0.39 is 27.8 Å². The maximum Gasteiger partial charge on any atom is 0.523 e. The van der Waals surface area contributed by atoms with Crippen LogP contribution in [0.1, 0.15) is 48.4 Å². The molecule has 10 heteroatoms. The van der Waals surface area contributed by atoms with Gasteiger partial charge >= 0.3 is 15.6 Å². The highest BCUT2D eigenvalue weighted by atomic mass is 32.2. The Kier molecular flexibility index (Phi) is 6.75. The largest absolute Gasteiger partial charge is 0.523 e. The molecule has 2 rings (SSSR count). The topological polar surface area (TPSA) is 85.6 Å². The summed E-state index contributed by atoms with van der Waals surface area (Å²) >= 11 is 0. The van der Waals surface area contributed by atoms with Crippen LogP contribution in [0.25, 0.3) is 0 Å². The number of alkyl halides is 3. The van der Waals surface area contributed by atoms with Gasteiger partial charge in [-0.1, -0.05) is 0 Å². The van der Waals surface area contributed by atoms with Crippen LogP contribution >= 0.6 is 0 Å². The van der Waals surface area contributed by atoms with Gasteiger partial charge in [-0.05, 0) is 63.6 Å². The van der Waals surface area contributed by atoms with E-state index in [1.807, 2.05) is 20.8 Å². The Morgan fingerprint density at radius 1 is 1.21 bits per heavy atom. The lowest BCUT2D eigenvalue weighted by atomic mass is 9.87. The zero-order valence-corrected chi connectivity index (χ0v) is 17.6. The summed E-state index contributed by atoms with van der Waals surface area (Å²) in [5.74, 6) is 1.23. The molecule has 0 radical (unpaired) electrons. The van der Waals surface area contributed by atoms with Crippen LogP contribution in [0.4, 0.5) is 13.2 Å². The maximum absolute atomic E-state index is 12.5. The molecule has 1 heterocycles. The molecule has 0 N–H and O–H groups in total. The number of nitrogens with zero attached hydrogens (tertiary/aromatic N) is 1. The molecule has 1 aliphatic rings. The van der Waals surface area contributed by atoms with E-state index in [1.165, 1.54) is 6.92 Å². The van der Waals surface area contributed by atoms with E-state index in [2.05, 4.69) is 10.3 Å². The second-order valence-corrected chi connectivity index (χ2v) is 8.94. The second kappa shape index (κ2) is 8.40. The van der Waals surface area contributed by atoms with Crippen molar-refractivity contribution >= 4 is 10.1 Å². The molecular formula is C19H24F3NO5S. The minimum Gasteiger partial charge on any atom is -0.493 e. The average Bonchev–Trinajstić information content (AvgIpc) is 2.63. The quantitative estimate of drug-likeness (QED) is 0.362. The predicted octanol–water partition coefficient (Wildman–Crippen LogP) is 4.24. The minimum atomic E-state index is -5.68. The average molecular weight is 435 g/mol. The van der Waals surface area contributed by atoms with E-state index in [0.717, 1.165) is 22.3 Å². The Hall–Kier alpha value is -1.99. The third-order valence-corrected chi connectivity index (χ3v) is 6.04. The first-order valence-electron chi connectivity index (χ1n) is 9.10. The summed E-state index contributed by atoms with van der Waals surface area (Å²) in [6, 6.07) is 2.06. The highest BCUT2D eigenvalue weighted by Crippen LogP contribution is 2.44. The molecular weight excluding hydrogens is 411 g/mol. The Morgan fingerprint density at radius 2 is 1.86 bits per heavy atom. The molecule has 0 aromatic heterocycles. The smallest absolute Gasteiger partial charge is 0.493 e. The molecule has 0 spiro atoms. The molecule has 6 nitrogen and oxygen atoms in total. The van der Waals surface area contributed by atoms with Gasteiger partial charge in [-0.3, -0.25) is 4.18 Å². The Bertz CT molecular complexity index is 921. The Labute approximate surface area is 168 Å². The third kappa shape index (κ3) is 4.95. The van der Waals surface area contributed by atoms with E-state index in [-0.39, 0.29) is 6.42 Å². The van der Waals surface area contributed by atoms with Crippen molar-refractivity contribution in [3.05, 3.63) is 22.3 Å². The molecule has 0 bridgehead atoms. The first-order valence-corrected chi connectivity index (χ1v) is 10.5. The number of ether oxygens (including phenoxy) is 2. The normalized spacial score (nSPS) is 19.2. The zero-order chi connectivity index (χ0) is 22.0. The van der Waals surface area contributed by atoms with Gasteiger partial charge in [0.2, 0.25) is 0 Å². The second-order valence-electron chi connectivity index (χ2n) is 7.34. The van der Waals surface area contributed by atoms with Gasteiger partial charge in [0.15, 0.2) is 0 Å². The van der Waals surface area contributed by atoms with Crippen LogP contribution in [0.5, 0.6) is 11.5 Å². The molecule has 0 amide bonds. The summed E-state index contributed by atoms with van der Waals surface area (Å²) in [7, 11) is -5.68. The fraction of sp³-hybridized carbons (Fsp3) is 0.632. The van der Waals surface area contributed by atoms with Crippen molar-refractivity contribution < 1.29 is 35.2 Å². The van der Waals surface area contributed by atoms with Crippen molar-refractivity contribution in [3.63, 3.8) is 0 Å². The number of unbranched alkanes of at least 4 members (excludes halogenated alkanes) is 1. The number of rotatable bonds is 7. The summed E-state index contributed by atoms with van der Waals surface area (Å²) in [5, 5.41) is 8.63. The zero-order valence-electron chi connectivity index (χ0n) is 16.8. The van der Waals surface area contributed by atoms with Gasteiger partial charge in [-0.15, -0.1) is 0 Å². The lowest BCUT2D eigenvalue weighted by Gasteiger charge is -2.37. The van der Waals surface area contributed by atoms with Gasteiger partial charge < -0.3 is 9.47 Å². The Balaban J connectivity index is 2.25. The predicted molar refractivity (Wildman–Crippen MR) is 99.3 cm³/mol. The molecule has 1 unspecified atom stereocenters. The lowest BCUT2D eigenvalue weighted by molar-refractivity contribution is -0.0606. The van der Waals surface area contributed by atoms with Crippen LogP contribution in [-0.4, -0.2) is 32.7 Å². The van der Waals surface area contributed by atoms with Crippen LogP contribution in [0.15, 0.2) is 0 Å². The van der Waals surface area contributed by atoms with Crippen molar-refractivity contribution in [3.8, 4) is 17.6 Å². The molecule has 0 saturated heterocycles. The molecule has 0 saturated carbocycles. The number of benzene rings is 1. The third-order valence-electron chi connectivity index (χ3n) is 5.05. The van der Waals surface area contributed by atoms with Crippen molar-refractivity contribution in [2.75, 3.05) is 13.2 Å². The van der Waals surface area contributed by atoms with Gasteiger partial charge in [-0.25, -0.2) is 0 Å². The van der Waals surface area contributed by atoms with Crippen LogP contribution in [0.2, 0.25) is 0 Å². The van der Waals surface area contributed by atoms with E-state index in [1.54, 1.807) is 0 Å². The first-order chi connectivity index (χ1) is 13.3. The van der Waals surface area contributed by atoms with Crippen LogP contribution < -0.4 is 9.47 Å². The molecule has 29 heavy (non-hydrogen) atoms. The van der Waals surface area contributed by atoms with Crippen molar-refractivity contribution in [2.24, 2.45) is 0 Å². The number of hydrogen-bond donors (Lipinski definition) is 0. The highest BCUT2D eigenvalue weighted by Gasteiger charge is 2.49. The molecule has 0 fully saturated rings. The first kappa shape index (κ1) is 23.3. The maximum atomic E-state index is 12.5. The van der Waals surface area contributed by atoms with E-state index in [4.69, 9.17) is 14.7 Å². The van der Waals surface area contributed by atoms with Gasteiger partial charge in [0.05, 0.1) is 12.7 Å². The standard InChI is InChI=1S/C19H24F3NO5S/c1-12-13(2)17-15(14(3)16(12)26-10-6-5-9-23)7-8-18(4,28-17)11-27-29(24,25)19(20,21)22/h5-8,10-11H2,1-4H3. The summed E-state index contributed by atoms with van der Waals surface area (Å²) in [4.78, 5) is 0. The fourth-order valence-corrected chi connectivity index (χ4v) is 3.73. The minimum absolute atomic E-state index is 0.282. The molecule has 1 aromatic carbocycles. The summed E-state index contributed by atoms with van der Waals surface area (Å²) in [6.07, 6.45) is 1.75. The van der Waals surface area contributed by atoms with Crippen molar-refractivity contribution in [1.82, 2.24) is 0 Å². The van der Waals surface area contributed by atoms with E-state index in [9.17, 15) is 21.6 Å². The van der Waals surface area contributed by atoms with Crippen molar-refractivity contribution in [1.29, 1.82) is 5.26 Å². The number of halogens is 3. The molecule has 0 aliphatic carbocycles. The van der Waals surface area contributed by atoms with Crippen LogP contribution in [-0.2, 0) is 20.7 Å². The molecule has 162 valence electrons. The Morgan fingerprint density at radius 3 is 2.45 bits per heavy atom. The summed E-state index contributed by atoms with van der Waals surface area (Å²) < 4.78 is 76.1. The van der Waals surface area contributed by atoms with Crippen LogP contribution in [0.3, 0.4) is 0 Å². The molecule has 1 aliphatic heterocycles. The van der Waals surface area contributed by atoms with E-state index in [0.29, 0.717) is 37.4 Å². The van der Waals surface area contributed by atoms with Crippen molar-refractivity contribution in [2.45, 2.75) is 64.5 Å². The number of fused-ring (bicyclic) bond motifs is 1. The summed E-state index contributed by atoms with van der Waals surface area (Å²) in [5.41, 5.74) is -3.36. The fourth-order valence-electron chi connectivity index (χ4n) is 3.19. The molecule has 1 aromatic rings. The lowest BCUT2D eigenvalue weighted by Crippen LogP contribution is -2.43. The highest BCUT2D eigenvalue weighted by molar-refractivity contribution is 7.87. The van der Waals surface area contributed by atoms with Gasteiger partial charge in [0.1, 0.15) is 23.7 Å². The summed E-state index contributed by atoms with van der Waals surface area (Å²) in [6.45, 7) is 6.73. The number of nitriles is 1. The monoisotopic (exact) mass is 435 g/mol. The van der Waals surface area contributed by atoms with Gasteiger partial charge in [0.25, 0.3) is 0 Å². The van der Waals surface area contributed by atoms with E-state index >= 15 is 0 Å². The number of hydrogen-bond acceptors (Lipinski definition) is 6. The van der Waals surface area contributed by atoms with Gasteiger partial charge in [0, 0.05) is 12.0 Å². The van der Waals surface area contributed by atoms with Gasteiger partial charge in [-0.2, -0.15) is 26.9 Å². The molecule has 1 atom stereocenters.